The molecule has 0 fully saturated rings. The molecule has 0 saturated heterocycles. The summed E-state index contributed by atoms with van der Waals surface area (Å²) in [7, 11) is -4.30. The van der Waals surface area contributed by atoms with Crippen LogP contribution in [0.15, 0.2) is 64.5 Å². The fourth-order valence-corrected chi connectivity index (χ4v) is 4.55. The molecule has 11 nitrogen and oxygen atoms in total. The fourth-order valence-electron chi connectivity index (χ4n) is 3.52. The van der Waals surface area contributed by atoms with Gasteiger partial charge in [-0.15, -0.1) is 0 Å². The van der Waals surface area contributed by atoms with Crippen molar-refractivity contribution < 1.29 is 31.6 Å². The first kappa shape index (κ1) is 29.6. The van der Waals surface area contributed by atoms with E-state index in [1.165, 1.54) is 12.1 Å². The van der Waals surface area contributed by atoms with E-state index in [2.05, 4.69) is 10.1 Å². The lowest BCUT2D eigenvalue weighted by Crippen LogP contribution is -2.43. The number of benzene rings is 2. The largest absolute Gasteiger partial charge is 0.435 e. The zero-order chi connectivity index (χ0) is 28.8. The first-order chi connectivity index (χ1) is 18.3. The predicted octanol–water partition coefficient (Wildman–Crippen LogP) is 2.46. The van der Waals surface area contributed by atoms with Gasteiger partial charge < -0.3 is 11.5 Å². The second-order valence-corrected chi connectivity index (χ2v) is 10.3. The van der Waals surface area contributed by atoms with Crippen molar-refractivity contribution >= 4 is 21.9 Å². The van der Waals surface area contributed by atoms with Crippen molar-refractivity contribution in [2.75, 3.05) is 6.54 Å². The first-order valence-corrected chi connectivity index (χ1v) is 13.2. The lowest BCUT2D eigenvalue weighted by atomic mass is 10.1. The third-order valence-electron chi connectivity index (χ3n) is 5.63. The Kier molecular flexibility index (Phi) is 9.32. The normalized spacial score (nSPS) is 13.2. The molecule has 2 aromatic carbocycles. The summed E-state index contributed by atoms with van der Waals surface area (Å²) in [6.45, 7) is 2.11. The minimum atomic E-state index is -4.69. The van der Waals surface area contributed by atoms with E-state index >= 15 is 0 Å². The molecule has 3 aromatic rings. The summed E-state index contributed by atoms with van der Waals surface area (Å²) in [6, 6.07) is 11.5. The van der Waals surface area contributed by atoms with Crippen LogP contribution in [0, 0.1) is 6.92 Å². The molecule has 0 bridgehead atoms. The van der Waals surface area contributed by atoms with Gasteiger partial charge in [0.15, 0.2) is 5.69 Å². The highest BCUT2D eigenvalue weighted by Gasteiger charge is 2.35. The number of hydroxylamine groups is 1. The number of aliphatic imine (C=N–C) groups is 1. The second-order valence-electron chi connectivity index (χ2n) is 8.64. The highest BCUT2D eigenvalue weighted by molar-refractivity contribution is 7.90. The van der Waals surface area contributed by atoms with E-state index in [1.807, 2.05) is 11.6 Å². The Morgan fingerprint density at radius 1 is 1.13 bits per heavy atom. The Bertz CT molecular complexity index is 1420. The topological polar surface area (TPSA) is 178 Å². The highest BCUT2D eigenvalue weighted by Crippen LogP contribution is 2.33. The monoisotopic (exact) mass is 567 g/mol. The third kappa shape index (κ3) is 7.78. The molecule has 7 N–H and O–H groups in total. The zero-order valence-electron chi connectivity index (χ0n) is 20.8. The molecule has 1 amide bonds. The summed E-state index contributed by atoms with van der Waals surface area (Å²) in [5.41, 5.74) is 13.4. The van der Waals surface area contributed by atoms with Gasteiger partial charge in [-0.05, 0) is 56.5 Å². The van der Waals surface area contributed by atoms with Gasteiger partial charge in [0.25, 0.3) is 15.9 Å². The van der Waals surface area contributed by atoms with Crippen LogP contribution in [0.25, 0.3) is 16.9 Å². The van der Waals surface area contributed by atoms with Crippen molar-refractivity contribution in [3.63, 3.8) is 0 Å². The summed E-state index contributed by atoms with van der Waals surface area (Å²) in [5, 5.41) is 12.2. The number of sulfonamides is 1. The number of nitrogens with two attached hydrogens (primary N) is 2. The smallest absolute Gasteiger partial charge is 0.368 e. The van der Waals surface area contributed by atoms with Crippen LogP contribution in [-0.4, -0.2) is 47.9 Å². The Labute approximate surface area is 222 Å². The van der Waals surface area contributed by atoms with Crippen molar-refractivity contribution in [2.24, 2.45) is 16.5 Å². The van der Waals surface area contributed by atoms with Crippen molar-refractivity contribution in [3.8, 4) is 16.9 Å². The number of alkyl halides is 3. The maximum atomic E-state index is 13.4. The molecule has 0 aliphatic heterocycles. The van der Waals surface area contributed by atoms with Crippen LogP contribution in [0.5, 0.6) is 0 Å². The van der Waals surface area contributed by atoms with Gasteiger partial charge in [0.2, 0.25) is 5.96 Å². The van der Waals surface area contributed by atoms with Crippen LogP contribution in [-0.2, 0) is 21.0 Å². The SMILES string of the molecule is Cc1ccc(-c2cc(C(F)(F)F)nn2-c2ccc(S(=O)(=O)NC(=O)C(N)CCCCN=C(N)NO)cc2)cc1. The van der Waals surface area contributed by atoms with E-state index in [0.29, 0.717) is 18.4 Å². The number of amides is 1. The Balaban J connectivity index is 1.74. The van der Waals surface area contributed by atoms with Crippen molar-refractivity contribution in [1.82, 2.24) is 20.0 Å². The van der Waals surface area contributed by atoms with Gasteiger partial charge in [-0.3, -0.25) is 15.0 Å². The number of aryl methyl sites for hydroxylation is 1. The van der Waals surface area contributed by atoms with E-state index < -0.39 is 33.8 Å². The summed E-state index contributed by atoms with van der Waals surface area (Å²) in [5.74, 6) is -1.07. The number of carbonyl (C=O) groups excluding carboxylic acids is 1. The van der Waals surface area contributed by atoms with Gasteiger partial charge in [0, 0.05) is 12.1 Å². The minimum Gasteiger partial charge on any atom is -0.368 e. The summed E-state index contributed by atoms with van der Waals surface area (Å²) in [4.78, 5) is 15.8. The van der Waals surface area contributed by atoms with Gasteiger partial charge in [-0.25, -0.2) is 23.3 Å². The molecule has 3 rings (SSSR count). The van der Waals surface area contributed by atoms with Crippen LogP contribution in [0.1, 0.15) is 30.5 Å². The molecule has 1 unspecified atom stereocenters. The minimum absolute atomic E-state index is 0.158. The standard InChI is InChI=1S/C24H28F3N7O4S/c1-15-5-7-16(8-6-15)20-14-21(24(25,26)27)31-34(20)17-9-11-18(12-10-17)39(37,38)33-22(35)19(28)4-2-3-13-30-23(29)32-36/h5-12,14,19,36H,2-4,13,28H2,1H3,(H,33,35)(H3,29,30,32). The zero-order valence-corrected chi connectivity index (χ0v) is 21.6. The molecule has 0 aliphatic rings. The molecule has 1 atom stereocenters. The Morgan fingerprint density at radius 3 is 2.36 bits per heavy atom. The summed E-state index contributed by atoms with van der Waals surface area (Å²) < 4.78 is 68.7. The number of rotatable bonds is 10. The Hall–Kier alpha value is -3.95. The third-order valence-corrected chi connectivity index (χ3v) is 6.99. The predicted molar refractivity (Wildman–Crippen MR) is 137 cm³/mol. The highest BCUT2D eigenvalue weighted by atomic mass is 32.2. The first-order valence-electron chi connectivity index (χ1n) is 11.7. The summed E-state index contributed by atoms with van der Waals surface area (Å²) in [6.07, 6.45) is -3.58. The van der Waals surface area contributed by atoms with Crippen molar-refractivity contribution in [1.29, 1.82) is 0 Å². The van der Waals surface area contributed by atoms with Crippen LogP contribution in [0.4, 0.5) is 13.2 Å². The molecule has 39 heavy (non-hydrogen) atoms. The van der Waals surface area contributed by atoms with E-state index in [9.17, 15) is 26.4 Å². The molecular weight excluding hydrogens is 539 g/mol. The van der Waals surface area contributed by atoms with Gasteiger partial charge >= 0.3 is 6.18 Å². The van der Waals surface area contributed by atoms with E-state index in [1.54, 1.807) is 29.7 Å². The lowest BCUT2D eigenvalue weighted by molar-refractivity contribution is -0.141. The second kappa shape index (κ2) is 12.3. The number of carbonyl (C=O) groups is 1. The molecule has 210 valence electrons. The number of nitrogens with one attached hydrogen (secondary N) is 2. The molecule has 0 radical (unpaired) electrons. The van der Waals surface area contributed by atoms with Gasteiger partial charge in [0.1, 0.15) is 0 Å². The van der Waals surface area contributed by atoms with Crippen LogP contribution < -0.4 is 21.7 Å². The number of hydrogen-bond donors (Lipinski definition) is 5. The number of aromatic nitrogens is 2. The van der Waals surface area contributed by atoms with E-state index in [0.717, 1.165) is 28.4 Å². The summed E-state index contributed by atoms with van der Waals surface area (Å²) >= 11 is 0. The van der Waals surface area contributed by atoms with Crippen LogP contribution >= 0.6 is 0 Å². The number of halogens is 3. The quantitative estimate of drug-likeness (QED) is 0.107. The number of hydrogen-bond acceptors (Lipinski definition) is 7. The molecular formula is C24H28F3N7O4S. The number of nitrogens with zero attached hydrogens (tertiary/aromatic N) is 3. The van der Waals surface area contributed by atoms with Crippen LogP contribution in [0.2, 0.25) is 0 Å². The fraction of sp³-hybridized carbons (Fsp3) is 0.292. The Morgan fingerprint density at radius 2 is 1.77 bits per heavy atom. The van der Waals surface area contributed by atoms with E-state index in [4.69, 9.17) is 16.7 Å². The molecule has 15 heteroatoms. The average molecular weight is 568 g/mol. The van der Waals surface area contributed by atoms with Gasteiger partial charge in [-0.1, -0.05) is 29.8 Å². The maximum absolute atomic E-state index is 13.4. The maximum Gasteiger partial charge on any atom is 0.435 e. The van der Waals surface area contributed by atoms with Crippen molar-refractivity contribution in [3.05, 3.63) is 65.9 Å². The van der Waals surface area contributed by atoms with Crippen LogP contribution in [0.3, 0.4) is 0 Å². The van der Waals surface area contributed by atoms with Gasteiger partial charge in [-0.2, -0.15) is 18.3 Å². The van der Waals surface area contributed by atoms with E-state index in [-0.39, 0.29) is 35.2 Å². The number of guanidine groups is 1. The molecule has 0 aliphatic carbocycles. The lowest BCUT2D eigenvalue weighted by Gasteiger charge is -2.13. The van der Waals surface area contributed by atoms with Gasteiger partial charge in [0.05, 0.1) is 22.3 Å². The van der Waals surface area contributed by atoms with Crippen molar-refractivity contribution in [2.45, 2.75) is 43.3 Å². The molecule has 0 saturated carbocycles. The number of unbranched alkanes of at least 4 members (excludes halogenated alkanes) is 1. The molecule has 0 spiro atoms. The average Bonchev–Trinajstić information content (AvgIpc) is 3.34. The molecule has 1 aromatic heterocycles. The molecule has 1 heterocycles.